The number of carbonyl (C=O) groups excluding carboxylic acids is 8. The van der Waals surface area contributed by atoms with Crippen LogP contribution in [0.4, 0.5) is 26.3 Å². The number of rotatable bonds is 19. The molecule has 16 atom stereocenters. The number of esters is 2. The lowest BCUT2D eigenvalue weighted by Gasteiger charge is -2.58. The second-order valence-electron chi connectivity index (χ2n) is 25.8. The Labute approximate surface area is 431 Å². The Morgan fingerprint density at radius 3 is 1.50 bits per heavy atom. The lowest BCUT2D eigenvalue weighted by molar-refractivity contribution is -0.229. The van der Waals surface area contributed by atoms with Crippen molar-refractivity contribution in [1.29, 1.82) is 0 Å². The van der Waals surface area contributed by atoms with E-state index in [0.717, 1.165) is 12.8 Å². The zero-order valence-electron chi connectivity index (χ0n) is 44.2. The molecule has 17 heteroatoms. The maximum Gasteiger partial charge on any atom is 0.344 e. The first-order valence-electron chi connectivity index (χ1n) is 27.8. The molecule has 8 fully saturated rings. The third-order valence-corrected chi connectivity index (χ3v) is 22.0. The van der Waals surface area contributed by atoms with Crippen LogP contribution in [0.25, 0.3) is 0 Å². The summed E-state index contributed by atoms with van der Waals surface area (Å²) < 4.78 is 98.3. The molecule has 74 heavy (non-hydrogen) atoms. The first kappa shape index (κ1) is 56.7. The van der Waals surface area contributed by atoms with Gasteiger partial charge in [-0.1, -0.05) is 41.5 Å². The molecule has 2 unspecified atom stereocenters. The summed E-state index contributed by atoms with van der Waals surface area (Å²) in [6.45, 7) is 6.40. The first-order chi connectivity index (χ1) is 34.5. The van der Waals surface area contributed by atoms with Gasteiger partial charge in [0, 0.05) is 93.3 Å². The van der Waals surface area contributed by atoms with E-state index >= 15 is 0 Å². The highest BCUT2D eigenvalue weighted by Crippen LogP contribution is 2.68. The van der Waals surface area contributed by atoms with E-state index in [9.17, 15) is 64.7 Å². The molecule has 1 N–H and O–H groups in total. The molecule has 0 aliphatic heterocycles. The van der Waals surface area contributed by atoms with E-state index in [4.69, 9.17) is 4.74 Å². The number of nitrogens with one attached hydrogen (secondary N) is 1. The summed E-state index contributed by atoms with van der Waals surface area (Å²) >= 11 is 0. The van der Waals surface area contributed by atoms with Gasteiger partial charge in [-0.05, 0) is 128 Å². The number of halogens is 6. The van der Waals surface area contributed by atoms with Gasteiger partial charge in [0.1, 0.15) is 34.7 Å². The fourth-order valence-electron chi connectivity index (χ4n) is 17.4. The Balaban J connectivity index is 0.720. The highest BCUT2D eigenvalue weighted by molar-refractivity contribution is 5.94. The zero-order valence-corrected chi connectivity index (χ0v) is 44.2. The van der Waals surface area contributed by atoms with Gasteiger partial charge in [0.2, 0.25) is 0 Å². The van der Waals surface area contributed by atoms with Crippen molar-refractivity contribution in [3.05, 3.63) is 0 Å². The fourth-order valence-corrected chi connectivity index (χ4v) is 17.4. The molecule has 8 saturated carbocycles. The van der Waals surface area contributed by atoms with Crippen molar-refractivity contribution >= 4 is 46.6 Å². The molecule has 8 rings (SSSR count). The largest absolute Gasteiger partial charge is 0.466 e. The number of alkyl halides is 6. The monoisotopic (exact) mass is 1050 g/mol. The molecular weight excluding hydrogens is 973 g/mol. The number of hydrogen-bond acceptors (Lipinski definition) is 11. The van der Waals surface area contributed by atoms with E-state index in [2.05, 4.69) is 18.6 Å². The smallest absolute Gasteiger partial charge is 0.344 e. The van der Waals surface area contributed by atoms with Gasteiger partial charge in [-0.25, -0.2) is 8.78 Å². The van der Waals surface area contributed by atoms with Crippen LogP contribution in [0.5, 0.6) is 0 Å². The number of Topliss-reactive ketones (excluding diaryl/α,β-unsaturated/α-hetero) is 6. The first-order valence-corrected chi connectivity index (χ1v) is 27.8. The van der Waals surface area contributed by atoms with E-state index in [1.54, 1.807) is 5.32 Å². The Kier molecular flexibility index (Phi) is 15.9. The molecule has 0 aromatic carbocycles. The quantitative estimate of drug-likeness (QED) is 0.0743. The van der Waals surface area contributed by atoms with Gasteiger partial charge in [0.15, 0.2) is 6.61 Å². The number of hydrogen-bond donors (Lipinski definition) is 1. The maximum absolute atomic E-state index is 14.8. The third-order valence-electron chi connectivity index (χ3n) is 22.0. The second-order valence-corrected chi connectivity index (χ2v) is 25.8. The summed E-state index contributed by atoms with van der Waals surface area (Å²) in [5, 5.41) is 1.72. The lowest BCUT2D eigenvalue weighted by atomic mass is 9.44. The number of fused-ring (bicyclic) bond motifs is 10. The van der Waals surface area contributed by atoms with E-state index in [1.165, 1.54) is 0 Å². The van der Waals surface area contributed by atoms with Crippen molar-refractivity contribution in [2.75, 3.05) is 26.3 Å². The van der Waals surface area contributed by atoms with Gasteiger partial charge in [-0.2, -0.15) is 17.6 Å². The summed E-state index contributed by atoms with van der Waals surface area (Å²) in [5.74, 6) is -16.2. The molecule has 0 spiro atoms. The minimum atomic E-state index is -4.89. The number of carbonyl (C=O) groups is 8. The topological polar surface area (TPSA) is 167 Å². The van der Waals surface area contributed by atoms with Crippen molar-refractivity contribution in [3.63, 3.8) is 0 Å². The standard InChI is InChI=1S/C57H79F6NO10/c1-31(37-10-12-39-49-41(26-45(69)53(37,39)5)51(3)19-16-35(65)22-33(51)24-43(49)67)8-14-47(71)73-21-7-18-55(58,59)28-64-29-56(60,61)57(62,63)30-74-48(72)15-9-32(2)38-11-13-40-50-42(27-46(70)54(38,40)6)52(4)20-17-36(66)23-34(52)25-44(50)68/h31-34,37-42,49-50,64H,7-30H2,1-6H3/t31-,32+,33?,34?,37-,38+,39+,40-,41+,42-,49+,50-,51+,52-,53-,54+/m0/s1. The SMILES string of the molecule is C[C@H](CCC(=O)OCC(F)(F)C(F)(F)CNCC(F)(F)CCCOC(=O)CC[C@H](C)[C@@H]1CC[C@@H]2[C@H]3C(=O)CC4CC(=O)CC[C@@]4(C)[C@@H]3CC(=O)[C@]21C)[C@H]1CC[C@H]2[C@@H]3C(=O)CC4CC(=O)CC[C@]4(C)[C@H]3CC(=O)[C@]12C. The highest BCUT2D eigenvalue weighted by atomic mass is 19.3. The van der Waals surface area contributed by atoms with E-state index in [-0.39, 0.29) is 155 Å². The van der Waals surface area contributed by atoms with Crippen molar-refractivity contribution in [1.82, 2.24) is 5.32 Å². The summed E-state index contributed by atoms with van der Waals surface area (Å²) in [7, 11) is 0. The van der Waals surface area contributed by atoms with Crippen LogP contribution in [0.3, 0.4) is 0 Å². The lowest BCUT2D eigenvalue weighted by Crippen LogP contribution is -2.60. The average molecular weight is 1050 g/mol. The van der Waals surface area contributed by atoms with Crippen LogP contribution in [-0.4, -0.2) is 90.7 Å². The molecule has 0 saturated heterocycles. The summed E-state index contributed by atoms with van der Waals surface area (Å²) in [6, 6.07) is 0. The Hall–Kier alpha value is -3.50. The van der Waals surface area contributed by atoms with Crippen LogP contribution in [0.1, 0.15) is 170 Å². The summed E-state index contributed by atoms with van der Waals surface area (Å²) in [5.41, 5.74) is -2.08. The predicted octanol–water partition coefficient (Wildman–Crippen LogP) is 10.4. The van der Waals surface area contributed by atoms with Crippen molar-refractivity contribution in [3.8, 4) is 0 Å². The van der Waals surface area contributed by atoms with Crippen LogP contribution in [0.2, 0.25) is 0 Å². The van der Waals surface area contributed by atoms with Gasteiger partial charge in [-0.15, -0.1) is 0 Å². The van der Waals surface area contributed by atoms with Gasteiger partial charge >= 0.3 is 23.8 Å². The predicted molar refractivity (Wildman–Crippen MR) is 258 cm³/mol. The molecule has 0 amide bonds. The van der Waals surface area contributed by atoms with Crippen LogP contribution < -0.4 is 5.32 Å². The third kappa shape index (κ3) is 10.1. The zero-order chi connectivity index (χ0) is 54.1. The number of ether oxygens (including phenoxy) is 2. The molecule has 0 bridgehead atoms. The van der Waals surface area contributed by atoms with E-state index in [1.807, 2.05) is 27.7 Å². The minimum Gasteiger partial charge on any atom is -0.466 e. The average Bonchev–Trinajstić information content (AvgIpc) is 3.88. The molecule has 8 aliphatic rings. The Bertz CT molecular complexity index is 2260. The van der Waals surface area contributed by atoms with Crippen LogP contribution in [0, 0.1) is 92.7 Å². The normalized spacial score (nSPS) is 39.0. The van der Waals surface area contributed by atoms with Gasteiger partial charge in [-0.3, -0.25) is 38.4 Å². The van der Waals surface area contributed by atoms with E-state index in [0.29, 0.717) is 77.0 Å². The molecular formula is C57H79F6NO10. The van der Waals surface area contributed by atoms with Crippen LogP contribution in [-0.2, 0) is 47.8 Å². The van der Waals surface area contributed by atoms with Crippen molar-refractivity contribution < 1.29 is 74.2 Å². The Morgan fingerprint density at radius 2 is 1.04 bits per heavy atom. The van der Waals surface area contributed by atoms with E-state index < -0.39 is 66.7 Å². The van der Waals surface area contributed by atoms with Crippen molar-refractivity contribution in [2.45, 2.75) is 188 Å². The summed E-state index contributed by atoms with van der Waals surface area (Å²) in [4.78, 5) is 106. The highest BCUT2D eigenvalue weighted by Gasteiger charge is 2.68. The van der Waals surface area contributed by atoms with Crippen LogP contribution >= 0.6 is 0 Å². The molecule has 0 aromatic rings. The fraction of sp³-hybridized carbons (Fsp3) is 0.860. The minimum absolute atomic E-state index is 0.0269. The molecule has 8 aliphatic carbocycles. The molecule has 414 valence electrons. The van der Waals surface area contributed by atoms with Gasteiger partial charge < -0.3 is 14.8 Å². The molecule has 0 radical (unpaired) electrons. The molecule has 0 heterocycles. The Morgan fingerprint density at radius 1 is 0.595 bits per heavy atom. The van der Waals surface area contributed by atoms with Crippen LogP contribution in [0.15, 0.2) is 0 Å². The van der Waals surface area contributed by atoms with Gasteiger partial charge in [0.25, 0.3) is 5.92 Å². The number of ketones is 6. The van der Waals surface area contributed by atoms with Crippen molar-refractivity contribution in [2.24, 2.45) is 92.7 Å². The summed E-state index contributed by atoms with van der Waals surface area (Å²) in [6.07, 6.45) is 5.82. The molecule has 0 aromatic heterocycles. The maximum atomic E-state index is 14.8. The molecule has 11 nitrogen and oxygen atoms in total. The second kappa shape index (κ2) is 20.7. The van der Waals surface area contributed by atoms with Gasteiger partial charge in [0.05, 0.1) is 19.7 Å².